The Morgan fingerprint density at radius 3 is 1.03 bits per heavy atom. The third-order valence-corrected chi connectivity index (χ3v) is 15.0. The van der Waals surface area contributed by atoms with Crippen molar-refractivity contribution in [3.05, 3.63) is 218 Å². The van der Waals surface area contributed by atoms with Gasteiger partial charge in [0.2, 0.25) is 0 Å². The van der Waals surface area contributed by atoms with Crippen molar-refractivity contribution in [2.45, 2.75) is 0 Å². The number of hydrogen-bond acceptors (Lipinski definition) is 4. The van der Waals surface area contributed by atoms with Gasteiger partial charge in [-0.05, 0) is 93.0 Å². The van der Waals surface area contributed by atoms with Gasteiger partial charge in [0, 0.05) is 62.2 Å². The summed E-state index contributed by atoms with van der Waals surface area (Å²) < 4.78 is 5.27. The highest BCUT2D eigenvalue weighted by molar-refractivity contribution is 7.26. The van der Waals surface area contributed by atoms with Crippen molar-refractivity contribution in [1.29, 1.82) is 0 Å². The lowest BCUT2D eigenvalue weighted by molar-refractivity contribution is 1.36. The first-order valence-electron chi connectivity index (χ1n) is 21.6. The summed E-state index contributed by atoms with van der Waals surface area (Å²) in [5, 5.41) is 7.39. The molecule has 0 N–H and O–H groups in total. The molecule has 0 unspecified atom stereocenters. The van der Waals surface area contributed by atoms with Gasteiger partial charge in [-0.15, -0.1) is 22.7 Å². The van der Waals surface area contributed by atoms with E-state index in [0.717, 1.165) is 66.6 Å². The number of nitrogens with zero attached hydrogens (tertiary/aromatic N) is 2. The number of rotatable bonds is 6. The first-order chi connectivity index (χ1) is 31.7. The minimum Gasteiger partial charge on any atom is -0.245 e. The van der Waals surface area contributed by atoms with Crippen LogP contribution in [0.3, 0.4) is 0 Å². The van der Waals surface area contributed by atoms with Crippen molar-refractivity contribution in [3.8, 4) is 67.0 Å². The average Bonchev–Trinajstić information content (AvgIpc) is 3.94. The molecule has 0 amide bonds. The van der Waals surface area contributed by atoms with Crippen molar-refractivity contribution in [2.24, 2.45) is 0 Å². The van der Waals surface area contributed by atoms with Crippen LogP contribution in [0.5, 0.6) is 0 Å². The Hall–Kier alpha value is -7.76. The van der Waals surface area contributed by atoms with E-state index in [9.17, 15) is 0 Å². The van der Waals surface area contributed by atoms with Gasteiger partial charge in [-0.3, -0.25) is 0 Å². The predicted octanol–water partition coefficient (Wildman–Crippen LogP) is 17.5. The topological polar surface area (TPSA) is 25.8 Å². The summed E-state index contributed by atoms with van der Waals surface area (Å²) in [7, 11) is 0. The van der Waals surface area contributed by atoms with Crippen LogP contribution in [0, 0.1) is 0 Å². The van der Waals surface area contributed by atoms with E-state index in [2.05, 4.69) is 218 Å². The Balaban J connectivity index is 0.959. The fourth-order valence-corrected chi connectivity index (χ4v) is 11.6. The summed E-state index contributed by atoms with van der Waals surface area (Å²) >= 11 is 3.70. The third kappa shape index (κ3) is 6.22. The summed E-state index contributed by atoms with van der Waals surface area (Å²) in [4.78, 5) is 11.1. The van der Waals surface area contributed by atoms with Crippen LogP contribution >= 0.6 is 22.7 Å². The van der Waals surface area contributed by atoms with Crippen LogP contribution in [-0.2, 0) is 0 Å². The zero-order chi connectivity index (χ0) is 42.1. The molecule has 4 aromatic heterocycles. The molecular weight excluding hydrogens is 813 g/mol. The van der Waals surface area contributed by atoms with E-state index >= 15 is 0 Å². The molecule has 0 aliphatic heterocycles. The Labute approximate surface area is 378 Å². The summed E-state index contributed by atoms with van der Waals surface area (Å²) in [5.74, 6) is 0. The van der Waals surface area contributed by atoms with Crippen molar-refractivity contribution >= 4 is 84.8 Å². The first-order valence-corrected chi connectivity index (χ1v) is 23.3. The van der Waals surface area contributed by atoms with Gasteiger partial charge in [0.1, 0.15) is 0 Å². The molecule has 0 saturated heterocycles. The van der Waals surface area contributed by atoms with Gasteiger partial charge in [0.25, 0.3) is 0 Å². The van der Waals surface area contributed by atoms with Crippen LogP contribution in [0.4, 0.5) is 0 Å². The van der Waals surface area contributed by atoms with Gasteiger partial charge >= 0.3 is 0 Å². The Kier molecular flexibility index (Phi) is 8.61. The summed E-state index contributed by atoms with van der Waals surface area (Å²) in [6.07, 6.45) is 0. The van der Waals surface area contributed by atoms with Crippen LogP contribution in [0.1, 0.15) is 0 Å². The minimum absolute atomic E-state index is 0.889. The van der Waals surface area contributed by atoms with Crippen LogP contribution in [0.2, 0.25) is 0 Å². The fraction of sp³-hybridized carbons (Fsp3) is 0. The largest absolute Gasteiger partial charge is 0.245 e. The molecule has 4 heteroatoms. The van der Waals surface area contributed by atoms with E-state index in [1.165, 1.54) is 62.6 Å². The molecule has 0 fully saturated rings. The Bertz CT molecular complexity index is 3660. The summed E-state index contributed by atoms with van der Waals surface area (Å²) in [6.45, 7) is 0. The quantitative estimate of drug-likeness (QED) is 0.156. The molecule has 0 saturated carbocycles. The molecule has 0 aliphatic rings. The molecule has 2 nitrogen and oxygen atoms in total. The van der Waals surface area contributed by atoms with Gasteiger partial charge in [-0.25, -0.2) is 9.97 Å². The minimum atomic E-state index is 0.889. The monoisotopic (exact) mass is 848 g/mol. The first kappa shape index (κ1) is 36.9. The number of pyridine rings is 2. The van der Waals surface area contributed by atoms with E-state index in [-0.39, 0.29) is 0 Å². The third-order valence-electron chi connectivity index (χ3n) is 12.7. The van der Waals surface area contributed by atoms with Gasteiger partial charge < -0.3 is 0 Å². The Morgan fingerprint density at radius 2 is 0.594 bits per heavy atom. The zero-order valence-electron chi connectivity index (χ0n) is 34.5. The van der Waals surface area contributed by atoms with E-state index < -0.39 is 0 Å². The lowest BCUT2D eigenvalue weighted by Gasteiger charge is -2.16. The molecule has 0 aliphatic carbocycles. The van der Waals surface area contributed by atoms with Crippen molar-refractivity contribution in [2.75, 3.05) is 0 Å². The number of hydrogen-bond donors (Lipinski definition) is 0. The SMILES string of the molecule is c1ccc(-c2cc(-c3ccc(-c4ccc5sc6ccccc6c5c4)cc3)nc3c2ccc2c(-c4ccccc4)cc(-c4ccc(-c5ccc6sc7ccccc7c6c5)cc4)nc23)cc1. The maximum Gasteiger partial charge on any atom is 0.0978 e. The fourth-order valence-electron chi connectivity index (χ4n) is 9.46. The number of aromatic nitrogens is 2. The van der Waals surface area contributed by atoms with Crippen molar-refractivity contribution < 1.29 is 0 Å². The molecule has 4 heterocycles. The molecule has 9 aromatic carbocycles. The molecular formula is C60H36N2S2. The molecule has 0 spiro atoms. The van der Waals surface area contributed by atoms with Crippen molar-refractivity contribution in [1.82, 2.24) is 9.97 Å². The highest BCUT2D eigenvalue weighted by Crippen LogP contribution is 2.42. The molecule has 0 atom stereocenters. The van der Waals surface area contributed by atoms with Crippen LogP contribution in [-0.4, -0.2) is 9.97 Å². The molecule has 13 rings (SSSR count). The molecule has 0 radical (unpaired) electrons. The second kappa shape index (κ2) is 15.0. The van der Waals surface area contributed by atoms with E-state index in [4.69, 9.17) is 9.97 Å². The highest BCUT2D eigenvalue weighted by Gasteiger charge is 2.18. The van der Waals surface area contributed by atoms with Crippen LogP contribution in [0.15, 0.2) is 218 Å². The number of benzene rings is 9. The van der Waals surface area contributed by atoms with Gasteiger partial charge in [-0.2, -0.15) is 0 Å². The van der Waals surface area contributed by atoms with E-state index in [0.29, 0.717) is 0 Å². The lowest BCUT2D eigenvalue weighted by atomic mass is 9.93. The van der Waals surface area contributed by atoms with E-state index in [1.807, 2.05) is 22.7 Å². The lowest BCUT2D eigenvalue weighted by Crippen LogP contribution is -1.95. The van der Waals surface area contributed by atoms with Gasteiger partial charge in [-0.1, -0.05) is 170 Å². The number of thiophene rings is 2. The average molecular weight is 849 g/mol. The van der Waals surface area contributed by atoms with Gasteiger partial charge in [0.05, 0.1) is 22.4 Å². The van der Waals surface area contributed by atoms with Crippen molar-refractivity contribution in [3.63, 3.8) is 0 Å². The Morgan fingerprint density at radius 1 is 0.234 bits per heavy atom. The normalized spacial score (nSPS) is 11.8. The maximum absolute atomic E-state index is 5.54. The summed E-state index contributed by atoms with van der Waals surface area (Å²) in [5.41, 5.74) is 15.1. The molecule has 0 bridgehead atoms. The van der Waals surface area contributed by atoms with Gasteiger partial charge in [0.15, 0.2) is 0 Å². The van der Waals surface area contributed by atoms with Crippen LogP contribution in [0.25, 0.3) is 129 Å². The molecule has 298 valence electrons. The predicted molar refractivity (Wildman–Crippen MR) is 275 cm³/mol. The number of fused-ring (bicyclic) bond motifs is 9. The zero-order valence-corrected chi connectivity index (χ0v) is 36.1. The maximum atomic E-state index is 5.54. The highest BCUT2D eigenvalue weighted by atomic mass is 32.1. The summed E-state index contributed by atoms with van der Waals surface area (Å²) in [6, 6.07) is 79.2. The standard InChI is InChI=1S/C60H36N2S2/c1-3-11-39(12-4-1)49-35-53(41-23-19-37(20-24-41)43-27-31-57-51(33-43)45-15-7-9-17-55(45)63-57)61-59-47(49)29-30-48-50(40-13-5-2-6-14-40)36-54(62-60(48)59)42-25-21-38(22-26-42)44-28-32-58-52(34-44)46-16-8-10-18-56(46)64-58/h1-36H. The second-order valence-corrected chi connectivity index (χ2v) is 18.6. The molecule has 64 heavy (non-hydrogen) atoms. The second-order valence-electron chi connectivity index (χ2n) is 16.5. The van der Waals surface area contributed by atoms with Crippen LogP contribution < -0.4 is 0 Å². The molecule has 13 aromatic rings. The smallest absolute Gasteiger partial charge is 0.0978 e. The van der Waals surface area contributed by atoms with E-state index in [1.54, 1.807) is 0 Å².